The summed E-state index contributed by atoms with van der Waals surface area (Å²) < 4.78 is 7.54. The number of rotatable bonds is 12. The van der Waals surface area contributed by atoms with Crippen LogP contribution in [-0.4, -0.2) is 38.3 Å². The van der Waals surface area contributed by atoms with Crippen molar-refractivity contribution in [1.82, 2.24) is 19.7 Å². The Kier molecular flexibility index (Phi) is 7.98. The first-order valence-electron chi connectivity index (χ1n) is 13.6. The van der Waals surface area contributed by atoms with E-state index in [0.717, 1.165) is 40.5 Å². The molecule has 0 saturated carbocycles. The number of nitrogens with one attached hydrogen (secondary N) is 1. The third-order valence-corrected chi connectivity index (χ3v) is 7.57. The van der Waals surface area contributed by atoms with E-state index in [4.69, 9.17) is 21.3 Å². The van der Waals surface area contributed by atoms with E-state index in [1.807, 2.05) is 36.4 Å². The van der Waals surface area contributed by atoms with E-state index in [-0.39, 0.29) is 5.92 Å². The molecule has 5 aromatic rings. The Bertz CT molecular complexity index is 1570. The molecule has 0 saturated heterocycles. The summed E-state index contributed by atoms with van der Waals surface area (Å²) in [6, 6.07) is 26.5. The Morgan fingerprint density at radius 3 is 2.42 bits per heavy atom. The molecular formula is C32H36N6O2. The van der Waals surface area contributed by atoms with Gasteiger partial charge in [0.1, 0.15) is 17.4 Å². The van der Waals surface area contributed by atoms with Crippen LogP contribution < -0.4 is 16.2 Å². The standard InChI is InChI=1S/C32H36N6O2/c1-32(34,31(33)39)19-25(18-22-8-4-3-5-9-22)30-37-36-29(38(30)21-23-12-15-26(40-2)16-13-23)17-14-24-20-35-28-11-7-6-10-27(24)28/h3-13,15-16,20,25,35H,14,17-19,21,34H2,1-2H3,(H2,33,39). The van der Waals surface area contributed by atoms with Crippen molar-refractivity contribution in [1.29, 1.82) is 0 Å². The second-order valence-corrected chi connectivity index (χ2v) is 10.6. The summed E-state index contributed by atoms with van der Waals surface area (Å²) in [5, 5.41) is 10.6. The Balaban J connectivity index is 1.52. The average molecular weight is 537 g/mol. The number of aromatic nitrogens is 4. The molecular weight excluding hydrogens is 500 g/mol. The summed E-state index contributed by atoms with van der Waals surface area (Å²) >= 11 is 0. The fourth-order valence-corrected chi connectivity index (χ4v) is 5.27. The predicted molar refractivity (Wildman–Crippen MR) is 157 cm³/mol. The molecule has 3 aromatic carbocycles. The minimum absolute atomic E-state index is 0.169. The first-order valence-corrected chi connectivity index (χ1v) is 13.6. The number of aromatic amines is 1. The zero-order chi connectivity index (χ0) is 28.1. The summed E-state index contributed by atoms with van der Waals surface area (Å²) in [7, 11) is 1.66. The van der Waals surface area contributed by atoms with Gasteiger partial charge in [-0.1, -0.05) is 60.7 Å². The summed E-state index contributed by atoms with van der Waals surface area (Å²) in [4.78, 5) is 15.6. The van der Waals surface area contributed by atoms with Gasteiger partial charge in [0.25, 0.3) is 0 Å². The maximum atomic E-state index is 12.3. The maximum absolute atomic E-state index is 12.3. The lowest BCUT2D eigenvalue weighted by molar-refractivity contribution is -0.122. The van der Waals surface area contributed by atoms with Crippen LogP contribution in [0.15, 0.2) is 85.1 Å². The molecule has 0 aliphatic carbocycles. The molecule has 2 unspecified atom stereocenters. The molecule has 40 heavy (non-hydrogen) atoms. The first-order chi connectivity index (χ1) is 19.3. The minimum Gasteiger partial charge on any atom is -0.497 e. The molecule has 2 heterocycles. The summed E-state index contributed by atoms with van der Waals surface area (Å²) in [6.07, 6.45) is 4.59. The number of fused-ring (bicyclic) bond motifs is 1. The number of nitrogens with zero attached hydrogens (tertiary/aromatic N) is 3. The van der Waals surface area contributed by atoms with Crippen LogP contribution in [0.2, 0.25) is 0 Å². The molecule has 8 heteroatoms. The van der Waals surface area contributed by atoms with E-state index >= 15 is 0 Å². The Hall–Kier alpha value is -4.43. The van der Waals surface area contributed by atoms with Crippen molar-refractivity contribution in [3.05, 3.63) is 113 Å². The van der Waals surface area contributed by atoms with E-state index in [1.54, 1.807) is 14.0 Å². The van der Waals surface area contributed by atoms with Crippen LogP contribution in [-0.2, 0) is 30.6 Å². The Morgan fingerprint density at radius 1 is 0.975 bits per heavy atom. The SMILES string of the molecule is COc1ccc(Cn2c(CCc3c[nH]c4ccccc34)nnc2C(Cc2ccccc2)CC(C)(N)C(N)=O)cc1. The van der Waals surface area contributed by atoms with Gasteiger partial charge in [-0.15, -0.1) is 10.2 Å². The van der Waals surface area contributed by atoms with Crippen molar-refractivity contribution in [3.8, 4) is 5.75 Å². The number of nitrogens with two attached hydrogens (primary N) is 2. The van der Waals surface area contributed by atoms with Gasteiger partial charge in [0.2, 0.25) is 5.91 Å². The molecule has 2 aromatic heterocycles. The van der Waals surface area contributed by atoms with Crippen LogP contribution in [0.4, 0.5) is 0 Å². The summed E-state index contributed by atoms with van der Waals surface area (Å²) in [5.74, 6) is 1.77. The van der Waals surface area contributed by atoms with Gasteiger partial charge in [-0.25, -0.2) is 0 Å². The third kappa shape index (κ3) is 6.07. The number of para-hydroxylation sites is 1. The van der Waals surface area contributed by atoms with Gasteiger partial charge < -0.3 is 25.8 Å². The molecule has 0 spiro atoms. The highest BCUT2D eigenvalue weighted by atomic mass is 16.5. The zero-order valence-corrected chi connectivity index (χ0v) is 23.0. The van der Waals surface area contributed by atoms with Crippen LogP contribution in [0.1, 0.15) is 47.6 Å². The molecule has 206 valence electrons. The molecule has 0 bridgehead atoms. The van der Waals surface area contributed by atoms with Crippen molar-refractivity contribution < 1.29 is 9.53 Å². The fraction of sp³-hybridized carbons (Fsp3) is 0.281. The van der Waals surface area contributed by atoms with Crippen LogP contribution in [0.5, 0.6) is 5.75 Å². The van der Waals surface area contributed by atoms with Crippen molar-refractivity contribution in [2.45, 2.75) is 50.6 Å². The summed E-state index contributed by atoms with van der Waals surface area (Å²) in [5.41, 5.74) is 15.5. The number of hydrogen-bond donors (Lipinski definition) is 3. The lowest BCUT2D eigenvalue weighted by atomic mass is 9.84. The number of primary amides is 1. The lowest BCUT2D eigenvalue weighted by Gasteiger charge is -2.27. The quantitative estimate of drug-likeness (QED) is 0.216. The predicted octanol–water partition coefficient (Wildman–Crippen LogP) is 4.52. The smallest absolute Gasteiger partial charge is 0.237 e. The first kappa shape index (κ1) is 27.1. The number of benzene rings is 3. The van der Waals surface area contributed by atoms with E-state index in [0.29, 0.717) is 25.8 Å². The third-order valence-electron chi connectivity index (χ3n) is 7.57. The molecule has 5 rings (SSSR count). The molecule has 8 nitrogen and oxygen atoms in total. The van der Waals surface area contributed by atoms with Crippen LogP contribution >= 0.6 is 0 Å². The summed E-state index contributed by atoms with van der Waals surface area (Å²) in [6.45, 7) is 2.27. The van der Waals surface area contributed by atoms with E-state index in [9.17, 15) is 4.79 Å². The van der Waals surface area contributed by atoms with Gasteiger partial charge >= 0.3 is 0 Å². The molecule has 1 amide bonds. The van der Waals surface area contributed by atoms with Gasteiger partial charge in [-0.2, -0.15) is 0 Å². The molecule has 5 N–H and O–H groups in total. The fourth-order valence-electron chi connectivity index (χ4n) is 5.27. The van der Waals surface area contributed by atoms with Crippen molar-refractivity contribution in [2.24, 2.45) is 11.5 Å². The largest absolute Gasteiger partial charge is 0.497 e. The van der Waals surface area contributed by atoms with Gasteiger partial charge in [0, 0.05) is 29.4 Å². The number of amides is 1. The molecule has 0 fully saturated rings. The highest BCUT2D eigenvalue weighted by Gasteiger charge is 2.33. The number of methoxy groups -OCH3 is 1. The number of H-pyrrole nitrogens is 1. The van der Waals surface area contributed by atoms with Crippen LogP contribution in [0, 0.1) is 0 Å². The number of carbonyl (C=O) groups is 1. The second kappa shape index (κ2) is 11.8. The zero-order valence-electron chi connectivity index (χ0n) is 23.0. The molecule has 0 aliphatic rings. The number of ether oxygens (including phenoxy) is 1. The average Bonchev–Trinajstić information content (AvgIpc) is 3.56. The van der Waals surface area contributed by atoms with Gasteiger partial charge in [0.15, 0.2) is 0 Å². The Morgan fingerprint density at radius 2 is 1.70 bits per heavy atom. The second-order valence-electron chi connectivity index (χ2n) is 10.6. The van der Waals surface area contributed by atoms with Crippen LogP contribution in [0.25, 0.3) is 10.9 Å². The Labute approximate surface area is 234 Å². The highest BCUT2D eigenvalue weighted by molar-refractivity contribution is 5.84. The molecule has 0 aliphatic heterocycles. The van der Waals surface area contributed by atoms with Crippen LogP contribution in [0.3, 0.4) is 0 Å². The topological polar surface area (TPSA) is 125 Å². The van der Waals surface area contributed by atoms with Gasteiger partial charge in [0.05, 0.1) is 19.2 Å². The lowest BCUT2D eigenvalue weighted by Crippen LogP contribution is -2.50. The highest BCUT2D eigenvalue weighted by Crippen LogP contribution is 2.30. The van der Waals surface area contributed by atoms with Crippen molar-refractivity contribution in [2.75, 3.05) is 7.11 Å². The number of aryl methyl sites for hydroxylation is 2. The normalized spacial score (nSPS) is 13.7. The number of hydrogen-bond acceptors (Lipinski definition) is 5. The molecule has 0 radical (unpaired) electrons. The van der Waals surface area contributed by atoms with E-state index in [2.05, 4.69) is 63.3 Å². The monoisotopic (exact) mass is 536 g/mol. The van der Waals surface area contributed by atoms with Gasteiger partial charge in [-0.05, 0) is 61.1 Å². The molecule has 2 atom stereocenters. The van der Waals surface area contributed by atoms with Gasteiger partial charge in [-0.3, -0.25) is 4.79 Å². The van der Waals surface area contributed by atoms with E-state index in [1.165, 1.54) is 10.9 Å². The number of carbonyl (C=O) groups excluding carboxylic acids is 1. The minimum atomic E-state index is -1.19. The van der Waals surface area contributed by atoms with Crippen molar-refractivity contribution in [3.63, 3.8) is 0 Å². The maximum Gasteiger partial charge on any atom is 0.237 e. The van der Waals surface area contributed by atoms with Crippen molar-refractivity contribution >= 4 is 16.8 Å². The van der Waals surface area contributed by atoms with E-state index < -0.39 is 11.4 Å².